The lowest BCUT2D eigenvalue weighted by Gasteiger charge is -2.09. The Morgan fingerprint density at radius 3 is 2.62 bits per heavy atom. The largest absolute Gasteiger partial charge is 0.351 e. The first-order chi connectivity index (χ1) is 12.5. The van der Waals surface area contributed by atoms with Gasteiger partial charge in [0, 0.05) is 18.5 Å². The monoisotopic (exact) mass is 355 g/mol. The minimum Gasteiger partial charge on any atom is -0.351 e. The fourth-order valence-corrected chi connectivity index (χ4v) is 2.61. The second kappa shape index (κ2) is 8.14. The van der Waals surface area contributed by atoms with Crippen LogP contribution in [0.25, 0.3) is 5.69 Å². The molecule has 0 atom stereocenters. The third-order valence-corrected chi connectivity index (χ3v) is 4.21. The van der Waals surface area contributed by atoms with E-state index in [9.17, 15) is 9.59 Å². The summed E-state index contributed by atoms with van der Waals surface area (Å²) in [5.41, 5.74) is 1.09. The van der Waals surface area contributed by atoms with Gasteiger partial charge in [-0.05, 0) is 52.0 Å². The van der Waals surface area contributed by atoms with Gasteiger partial charge < -0.3 is 15.5 Å². The standard InChI is InChI=1S/C19H25N5O2/c1-23(2)12-6-11-20-19(26)16-13-17(21-18(25)14-9-10-14)24(22-16)15-7-4-3-5-8-15/h3-5,7-8,13-14H,6,9-12H2,1-2H3,(H,20,26)(H,21,25). The molecule has 1 aliphatic carbocycles. The average molecular weight is 355 g/mol. The first kappa shape index (κ1) is 18.1. The van der Waals surface area contributed by atoms with Crippen LogP contribution in [0.3, 0.4) is 0 Å². The Labute approximate surface area is 153 Å². The van der Waals surface area contributed by atoms with Crippen molar-refractivity contribution in [2.45, 2.75) is 19.3 Å². The van der Waals surface area contributed by atoms with Crippen LogP contribution in [0.15, 0.2) is 36.4 Å². The zero-order valence-corrected chi connectivity index (χ0v) is 15.2. The van der Waals surface area contributed by atoms with Gasteiger partial charge in [0.15, 0.2) is 5.69 Å². The smallest absolute Gasteiger partial charge is 0.271 e. The summed E-state index contributed by atoms with van der Waals surface area (Å²) in [5, 5.41) is 10.2. The number of carbonyl (C=O) groups excluding carboxylic acids is 2. The number of para-hydroxylation sites is 1. The summed E-state index contributed by atoms with van der Waals surface area (Å²) in [6, 6.07) is 11.1. The van der Waals surface area contributed by atoms with Gasteiger partial charge in [0.05, 0.1) is 5.69 Å². The molecule has 0 saturated heterocycles. The van der Waals surface area contributed by atoms with E-state index < -0.39 is 0 Å². The molecule has 0 spiro atoms. The lowest BCUT2D eigenvalue weighted by molar-refractivity contribution is -0.117. The number of nitrogens with one attached hydrogen (secondary N) is 2. The van der Waals surface area contributed by atoms with Gasteiger partial charge in [-0.3, -0.25) is 9.59 Å². The maximum Gasteiger partial charge on any atom is 0.271 e. The number of aromatic nitrogens is 2. The quantitative estimate of drug-likeness (QED) is 0.709. The Morgan fingerprint density at radius 2 is 1.96 bits per heavy atom. The number of rotatable bonds is 8. The molecule has 1 aromatic carbocycles. The molecule has 2 aromatic rings. The van der Waals surface area contributed by atoms with E-state index in [2.05, 4.69) is 20.6 Å². The van der Waals surface area contributed by atoms with Crippen LogP contribution in [0.1, 0.15) is 29.8 Å². The van der Waals surface area contributed by atoms with E-state index in [1.165, 1.54) is 0 Å². The zero-order chi connectivity index (χ0) is 18.5. The fourth-order valence-electron chi connectivity index (χ4n) is 2.61. The van der Waals surface area contributed by atoms with Crippen molar-refractivity contribution in [2.75, 3.05) is 32.5 Å². The van der Waals surface area contributed by atoms with Crippen LogP contribution in [-0.4, -0.2) is 53.7 Å². The second-order valence-electron chi connectivity index (χ2n) is 6.84. The summed E-state index contributed by atoms with van der Waals surface area (Å²) < 4.78 is 1.61. The van der Waals surface area contributed by atoms with Crippen LogP contribution < -0.4 is 10.6 Å². The number of amides is 2. The molecule has 7 nitrogen and oxygen atoms in total. The highest BCUT2D eigenvalue weighted by molar-refractivity contribution is 5.97. The van der Waals surface area contributed by atoms with Crippen LogP contribution in [0.5, 0.6) is 0 Å². The van der Waals surface area contributed by atoms with E-state index in [4.69, 9.17) is 0 Å². The SMILES string of the molecule is CN(C)CCCNC(=O)c1cc(NC(=O)C2CC2)n(-c2ccccc2)n1. The van der Waals surface area contributed by atoms with Crippen molar-refractivity contribution in [1.82, 2.24) is 20.0 Å². The van der Waals surface area contributed by atoms with Crippen molar-refractivity contribution in [1.29, 1.82) is 0 Å². The Morgan fingerprint density at radius 1 is 1.23 bits per heavy atom. The summed E-state index contributed by atoms with van der Waals surface area (Å²) in [4.78, 5) is 26.6. The predicted molar refractivity (Wildman–Crippen MR) is 100 cm³/mol. The van der Waals surface area contributed by atoms with Crippen LogP contribution in [0, 0.1) is 5.92 Å². The van der Waals surface area contributed by atoms with Crippen molar-refractivity contribution in [3.8, 4) is 5.69 Å². The molecule has 0 aliphatic heterocycles. The summed E-state index contributed by atoms with van der Waals surface area (Å²) in [7, 11) is 4.00. The highest BCUT2D eigenvalue weighted by Crippen LogP contribution is 2.30. The molecule has 7 heteroatoms. The second-order valence-corrected chi connectivity index (χ2v) is 6.84. The van der Waals surface area contributed by atoms with E-state index in [-0.39, 0.29) is 17.7 Å². The highest BCUT2D eigenvalue weighted by atomic mass is 16.2. The van der Waals surface area contributed by atoms with Crippen LogP contribution in [0.4, 0.5) is 5.82 Å². The molecule has 2 amide bonds. The maximum absolute atomic E-state index is 12.4. The topological polar surface area (TPSA) is 79.3 Å². The molecule has 138 valence electrons. The Bertz CT molecular complexity index is 765. The van der Waals surface area contributed by atoms with Gasteiger partial charge >= 0.3 is 0 Å². The van der Waals surface area contributed by atoms with Gasteiger partial charge in [-0.15, -0.1) is 0 Å². The van der Waals surface area contributed by atoms with Gasteiger partial charge in [0.1, 0.15) is 5.82 Å². The Hall–Kier alpha value is -2.67. The molecule has 1 aromatic heterocycles. The molecule has 0 unspecified atom stereocenters. The Balaban J connectivity index is 1.74. The minimum absolute atomic E-state index is 0.0139. The van der Waals surface area contributed by atoms with Gasteiger partial charge in [-0.2, -0.15) is 5.10 Å². The molecule has 2 N–H and O–H groups in total. The van der Waals surface area contributed by atoms with Crippen molar-refractivity contribution < 1.29 is 9.59 Å². The predicted octanol–water partition coefficient (Wildman–Crippen LogP) is 1.90. The van der Waals surface area contributed by atoms with E-state index in [0.717, 1.165) is 31.5 Å². The number of carbonyl (C=O) groups is 2. The fraction of sp³-hybridized carbons (Fsp3) is 0.421. The summed E-state index contributed by atoms with van der Waals surface area (Å²) >= 11 is 0. The number of benzene rings is 1. The molecule has 1 saturated carbocycles. The maximum atomic E-state index is 12.4. The molecule has 0 radical (unpaired) electrons. The lowest BCUT2D eigenvalue weighted by Crippen LogP contribution is -2.27. The van der Waals surface area contributed by atoms with Gasteiger partial charge in [0.2, 0.25) is 5.91 Å². The number of anilines is 1. The lowest BCUT2D eigenvalue weighted by atomic mass is 10.3. The van der Waals surface area contributed by atoms with Gasteiger partial charge in [0.25, 0.3) is 5.91 Å². The van der Waals surface area contributed by atoms with Crippen LogP contribution in [0.2, 0.25) is 0 Å². The molecule has 1 heterocycles. The first-order valence-electron chi connectivity index (χ1n) is 8.94. The van der Waals surface area contributed by atoms with E-state index in [1.807, 2.05) is 44.4 Å². The molecule has 3 rings (SSSR count). The third-order valence-electron chi connectivity index (χ3n) is 4.21. The molecule has 26 heavy (non-hydrogen) atoms. The van der Waals surface area contributed by atoms with Crippen molar-refractivity contribution >= 4 is 17.6 Å². The molecule has 1 aliphatic rings. The van der Waals surface area contributed by atoms with E-state index >= 15 is 0 Å². The molecule has 1 fully saturated rings. The van der Waals surface area contributed by atoms with Crippen LogP contribution in [-0.2, 0) is 4.79 Å². The summed E-state index contributed by atoms with van der Waals surface area (Å²) in [5.74, 6) is 0.351. The highest BCUT2D eigenvalue weighted by Gasteiger charge is 2.30. The first-order valence-corrected chi connectivity index (χ1v) is 8.94. The van der Waals surface area contributed by atoms with Crippen molar-refractivity contribution in [3.63, 3.8) is 0 Å². The molecular formula is C19H25N5O2. The molecule has 0 bridgehead atoms. The van der Waals surface area contributed by atoms with Crippen molar-refractivity contribution in [2.24, 2.45) is 5.92 Å². The number of hydrogen-bond donors (Lipinski definition) is 2. The number of nitrogens with zero attached hydrogens (tertiary/aromatic N) is 3. The van der Waals surface area contributed by atoms with E-state index in [1.54, 1.807) is 10.7 Å². The Kier molecular flexibility index (Phi) is 5.68. The minimum atomic E-state index is -0.236. The third kappa shape index (κ3) is 4.70. The average Bonchev–Trinajstić information content (AvgIpc) is 3.40. The van der Waals surface area contributed by atoms with Gasteiger partial charge in [-0.25, -0.2) is 4.68 Å². The number of hydrogen-bond acceptors (Lipinski definition) is 4. The summed E-state index contributed by atoms with van der Waals surface area (Å²) in [6.07, 6.45) is 2.71. The molecular weight excluding hydrogens is 330 g/mol. The normalized spacial score (nSPS) is 13.7. The van der Waals surface area contributed by atoms with Crippen molar-refractivity contribution in [3.05, 3.63) is 42.1 Å². The van der Waals surface area contributed by atoms with Gasteiger partial charge in [-0.1, -0.05) is 18.2 Å². The summed E-state index contributed by atoms with van der Waals surface area (Å²) in [6.45, 7) is 1.49. The zero-order valence-electron chi connectivity index (χ0n) is 15.2. The van der Waals surface area contributed by atoms with Crippen LogP contribution >= 0.6 is 0 Å². The van der Waals surface area contributed by atoms with E-state index in [0.29, 0.717) is 18.1 Å².